The summed E-state index contributed by atoms with van der Waals surface area (Å²) in [5.74, 6) is 0. The molecule has 20 heavy (non-hydrogen) atoms. The molecular weight excluding hydrogens is 244 g/mol. The Labute approximate surface area is 124 Å². The van der Waals surface area contributed by atoms with Gasteiger partial charge in [0.1, 0.15) is 0 Å². The van der Waals surface area contributed by atoms with Crippen molar-refractivity contribution in [2.45, 2.75) is 64.5 Å². The molecule has 0 saturated carbocycles. The Morgan fingerprint density at radius 2 is 1.95 bits per heavy atom. The zero-order valence-electron chi connectivity index (χ0n) is 13.1. The second-order valence-electron chi connectivity index (χ2n) is 6.15. The largest absolute Gasteiger partial charge is 0.323 e. The number of benzene rings is 1. The van der Waals surface area contributed by atoms with E-state index in [1.54, 1.807) is 0 Å². The monoisotopic (exact) mass is 274 g/mol. The van der Waals surface area contributed by atoms with E-state index in [-0.39, 0.29) is 6.04 Å². The molecule has 2 unspecified atom stereocenters. The van der Waals surface area contributed by atoms with Crippen LogP contribution in [-0.4, -0.2) is 24.0 Å². The van der Waals surface area contributed by atoms with Crippen molar-refractivity contribution < 1.29 is 0 Å². The third-order valence-corrected chi connectivity index (χ3v) is 4.60. The molecule has 112 valence electrons. The highest BCUT2D eigenvalue weighted by Crippen LogP contribution is 2.22. The molecule has 2 nitrogen and oxygen atoms in total. The third kappa shape index (κ3) is 4.07. The Hall–Kier alpha value is -0.860. The van der Waals surface area contributed by atoms with Crippen LogP contribution in [0.3, 0.4) is 0 Å². The van der Waals surface area contributed by atoms with Crippen molar-refractivity contribution in [3.05, 3.63) is 35.4 Å². The summed E-state index contributed by atoms with van der Waals surface area (Å²) in [5, 5.41) is 0. The molecular formula is C18H30N2. The highest BCUT2D eigenvalue weighted by molar-refractivity contribution is 5.25. The first kappa shape index (κ1) is 15.5. The maximum absolute atomic E-state index is 6.43. The summed E-state index contributed by atoms with van der Waals surface area (Å²) in [4.78, 5) is 2.61. The molecule has 1 fully saturated rings. The molecule has 0 radical (unpaired) electrons. The van der Waals surface area contributed by atoms with Gasteiger partial charge in [0.25, 0.3) is 0 Å². The lowest BCUT2D eigenvalue weighted by Crippen LogP contribution is -2.42. The predicted molar refractivity (Wildman–Crippen MR) is 86.9 cm³/mol. The van der Waals surface area contributed by atoms with Gasteiger partial charge in [-0.2, -0.15) is 0 Å². The van der Waals surface area contributed by atoms with Gasteiger partial charge in [0.05, 0.1) is 0 Å². The van der Waals surface area contributed by atoms with Gasteiger partial charge < -0.3 is 5.73 Å². The van der Waals surface area contributed by atoms with E-state index in [1.807, 2.05) is 0 Å². The van der Waals surface area contributed by atoms with Crippen LogP contribution in [0.5, 0.6) is 0 Å². The number of hydrogen-bond donors (Lipinski definition) is 1. The molecule has 2 rings (SSSR count). The summed E-state index contributed by atoms with van der Waals surface area (Å²) in [5.41, 5.74) is 9.13. The zero-order chi connectivity index (χ0) is 14.4. The smallest absolute Gasteiger partial charge is 0.0424 e. The number of nitrogens with zero attached hydrogens (tertiary/aromatic N) is 1. The summed E-state index contributed by atoms with van der Waals surface area (Å²) in [7, 11) is 0. The standard InChI is InChI=1S/C18H30N2/c1-3-7-15-9-11-16(12-10-15)18(19)14-20-13-6-5-8-17(20)4-2/h9-12,17-18H,3-8,13-14,19H2,1-2H3. The van der Waals surface area contributed by atoms with Crippen LogP contribution in [0.25, 0.3) is 0 Å². The molecule has 1 aliphatic rings. The Morgan fingerprint density at radius 3 is 2.60 bits per heavy atom. The summed E-state index contributed by atoms with van der Waals surface area (Å²) in [6.45, 7) is 6.75. The maximum Gasteiger partial charge on any atom is 0.0424 e. The van der Waals surface area contributed by atoms with Crippen LogP contribution in [0.1, 0.15) is 63.1 Å². The van der Waals surface area contributed by atoms with E-state index < -0.39 is 0 Å². The lowest BCUT2D eigenvalue weighted by Gasteiger charge is -2.36. The van der Waals surface area contributed by atoms with Crippen LogP contribution in [0.2, 0.25) is 0 Å². The molecule has 1 aliphatic heterocycles. The van der Waals surface area contributed by atoms with Crippen LogP contribution in [-0.2, 0) is 6.42 Å². The summed E-state index contributed by atoms with van der Waals surface area (Å²) in [6, 6.07) is 9.83. The predicted octanol–water partition coefficient (Wildman–Crippen LogP) is 3.90. The molecule has 0 aromatic heterocycles. The summed E-state index contributed by atoms with van der Waals surface area (Å²) in [6.07, 6.45) is 7.69. The molecule has 1 aromatic rings. The van der Waals surface area contributed by atoms with Crippen LogP contribution in [0, 0.1) is 0 Å². The van der Waals surface area contributed by atoms with Gasteiger partial charge in [0.15, 0.2) is 0 Å². The van der Waals surface area contributed by atoms with Gasteiger partial charge in [-0.15, -0.1) is 0 Å². The Bertz CT molecular complexity index is 385. The number of piperidine rings is 1. The van der Waals surface area contributed by atoms with Crippen molar-refractivity contribution in [1.29, 1.82) is 0 Å². The Kier molecular flexibility index (Phi) is 6.06. The number of nitrogens with two attached hydrogens (primary N) is 1. The van der Waals surface area contributed by atoms with E-state index in [0.29, 0.717) is 0 Å². The first-order valence-electron chi connectivity index (χ1n) is 8.33. The molecule has 0 aliphatic carbocycles. The van der Waals surface area contributed by atoms with Gasteiger partial charge in [-0.1, -0.05) is 51.0 Å². The minimum Gasteiger partial charge on any atom is -0.323 e. The first-order chi connectivity index (χ1) is 9.74. The average molecular weight is 274 g/mol. The first-order valence-corrected chi connectivity index (χ1v) is 8.33. The molecule has 0 bridgehead atoms. The highest BCUT2D eigenvalue weighted by Gasteiger charge is 2.22. The lowest BCUT2D eigenvalue weighted by atomic mass is 9.97. The average Bonchev–Trinajstić information content (AvgIpc) is 2.49. The number of hydrogen-bond acceptors (Lipinski definition) is 2. The van der Waals surface area contributed by atoms with Crippen molar-refractivity contribution in [2.75, 3.05) is 13.1 Å². The van der Waals surface area contributed by atoms with Crippen molar-refractivity contribution >= 4 is 0 Å². The summed E-state index contributed by atoms with van der Waals surface area (Å²) < 4.78 is 0. The Morgan fingerprint density at radius 1 is 1.20 bits per heavy atom. The van der Waals surface area contributed by atoms with Crippen LogP contribution in [0.15, 0.2) is 24.3 Å². The topological polar surface area (TPSA) is 29.3 Å². The van der Waals surface area contributed by atoms with Crippen molar-refractivity contribution in [2.24, 2.45) is 5.73 Å². The quantitative estimate of drug-likeness (QED) is 0.852. The van der Waals surface area contributed by atoms with Gasteiger partial charge in [0.2, 0.25) is 0 Å². The SMILES string of the molecule is CCCc1ccc(C(N)CN2CCCCC2CC)cc1. The Balaban J connectivity index is 1.94. The fourth-order valence-corrected chi connectivity index (χ4v) is 3.34. The fraction of sp³-hybridized carbons (Fsp3) is 0.667. The van der Waals surface area contributed by atoms with Crippen LogP contribution < -0.4 is 5.73 Å². The fourth-order valence-electron chi connectivity index (χ4n) is 3.34. The van der Waals surface area contributed by atoms with E-state index in [1.165, 1.54) is 56.2 Å². The molecule has 2 atom stereocenters. The van der Waals surface area contributed by atoms with E-state index >= 15 is 0 Å². The van der Waals surface area contributed by atoms with E-state index in [9.17, 15) is 0 Å². The zero-order valence-corrected chi connectivity index (χ0v) is 13.1. The van der Waals surface area contributed by atoms with Gasteiger partial charge in [-0.3, -0.25) is 4.90 Å². The third-order valence-electron chi connectivity index (χ3n) is 4.60. The number of likely N-dealkylation sites (tertiary alicyclic amines) is 1. The molecule has 2 N–H and O–H groups in total. The number of rotatable bonds is 6. The van der Waals surface area contributed by atoms with Gasteiger partial charge in [-0.25, -0.2) is 0 Å². The van der Waals surface area contributed by atoms with E-state index in [2.05, 4.69) is 43.0 Å². The normalized spacial score (nSPS) is 21.9. The minimum absolute atomic E-state index is 0.151. The van der Waals surface area contributed by atoms with Crippen molar-refractivity contribution in [1.82, 2.24) is 4.90 Å². The number of aryl methyl sites for hydroxylation is 1. The van der Waals surface area contributed by atoms with Gasteiger partial charge >= 0.3 is 0 Å². The second-order valence-corrected chi connectivity index (χ2v) is 6.15. The molecule has 1 saturated heterocycles. The van der Waals surface area contributed by atoms with E-state index in [4.69, 9.17) is 5.73 Å². The molecule has 1 heterocycles. The lowest BCUT2D eigenvalue weighted by molar-refractivity contribution is 0.136. The van der Waals surface area contributed by atoms with Gasteiger partial charge in [-0.05, 0) is 43.4 Å². The molecule has 0 spiro atoms. The van der Waals surface area contributed by atoms with Crippen LogP contribution >= 0.6 is 0 Å². The highest BCUT2D eigenvalue weighted by atomic mass is 15.2. The molecule has 1 aromatic carbocycles. The minimum atomic E-state index is 0.151. The molecule has 0 amide bonds. The molecule has 2 heteroatoms. The second kappa shape index (κ2) is 7.80. The van der Waals surface area contributed by atoms with Crippen molar-refractivity contribution in [3.8, 4) is 0 Å². The van der Waals surface area contributed by atoms with E-state index in [0.717, 1.165) is 12.6 Å². The van der Waals surface area contributed by atoms with Crippen molar-refractivity contribution in [3.63, 3.8) is 0 Å². The van der Waals surface area contributed by atoms with Gasteiger partial charge in [0, 0.05) is 18.6 Å². The van der Waals surface area contributed by atoms with Crippen LogP contribution in [0.4, 0.5) is 0 Å². The summed E-state index contributed by atoms with van der Waals surface area (Å²) >= 11 is 0. The maximum atomic E-state index is 6.43.